The van der Waals surface area contributed by atoms with E-state index in [1.54, 1.807) is 11.3 Å². The lowest BCUT2D eigenvalue weighted by Gasteiger charge is -1.93. The van der Waals surface area contributed by atoms with Crippen LogP contribution in [0.4, 0.5) is 0 Å². The molecular formula is C8H11BrClNS. The van der Waals surface area contributed by atoms with Crippen LogP contribution < -0.4 is 5.73 Å². The van der Waals surface area contributed by atoms with Crippen molar-refractivity contribution in [3.63, 3.8) is 0 Å². The molecule has 1 aromatic heterocycles. The van der Waals surface area contributed by atoms with Gasteiger partial charge in [0, 0.05) is 9.35 Å². The summed E-state index contributed by atoms with van der Waals surface area (Å²) in [4.78, 5) is 1.33. The first-order valence-electron chi connectivity index (χ1n) is 3.88. The fourth-order valence-corrected chi connectivity index (χ4v) is 2.79. The smallest absolute Gasteiger partial charge is 0.107 e. The Bertz CT molecular complexity index is 230. The molecule has 1 nitrogen and oxygen atoms in total. The third-order valence-corrected chi connectivity index (χ3v) is 4.11. The van der Waals surface area contributed by atoms with Gasteiger partial charge in [-0.3, -0.25) is 0 Å². The molecule has 4 heteroatoms. The van der Waals surface area contributed by atoms with Crippen LogP contribution in [-0.2, 0) is 6.42 Å². The number of hydrogen-bond donors (Lipinski definition) is 1. The molecule has 1 heterocycles. The van der Waals surface area contributed by atoms with Crippen LogP contribution in [0.5, 0.6) is 0 Å². The Kier molecular flexibility index (Phi) is 4.57. The third-order valence-electron chi connectivity index (χ3n) is 1.57. The molecule has 0 aliphatic rings. The lowest BCUT2D eigenvalue weighted by Crippen LogP contribution is -1.98. The van der Waals surface area contributed by atoms with Crippen molar-refractivity contribution in [2.24, 2.45) is 5.73 Å². The minimum absolute atomic E-state index is 0.778. The first-order valence-corrected chi connectivity index (χ1v) is 5.86. The van der Waals surface area contributed by atoms with Gasteiger partial charge < -0.3 is 5.73 Å². The molecule has 12 heavy (non-hydrogen) atoms. The third kappa shape index (κ3) is 3.05. The van der Waals surface area contributed by atoms with Gasteiger partial charge in [0.25, 0.3) is 0 Å². The van der Waals surface area contributed by atoms with E-state index in [9.17, 15) is 0 Å². The van der Waals surface area contributed by atoms with E-state index in [0.717, 1.165) is 34.6 Å². The summed E-state index contributed by atoms with van der Waals surface area (Å²) in [6, 6.07) is 2.09. The second kappa shape index (κ2) is 5.22. The number of nitrogens with two attached hydrogens (primary N) is 1. The maximum Gasteiger partial charge on any atom is 0.107 e. The topological polar surface area (TPSA) is 26.0 Å². The summed E-state index contributed by atoms with van der Waals surface area (Å²) in [5, 5.41) is 0. The summed E-state index contributed by atoms with van der Waals surface area (Å²) >= 11 is 10.9. The van der Waals surface area contributed by atoms with Crippen molar-refractivity contribution < 1.29 is 0 Å². The number of rotatable bonds is 4. The minimum atomic E-state index is 0.778. The standard InChI is InChI=1S/C8H11BrClNS/c9-7-5-6(12-8(7)10)3-1-2-4-11/h5H,1-4,11H2. The summed E-state index contributed by atoms with van der Waals surface area (Å²) < 4.78 is 1.86. The van der Waals surface area contributed by atoms with E-state index in [1.165, 1.54) is 4.88 Å². The average molecular weight is 269 g/mol. The molecule has 0 spiro atoms. The van der Waals surface area contributed by atoms with E-state index in [2.05, 4.69) is 22.0 Å². The first-order chi connectivity index (χ1) is 5.74. The minimum Gasteiger partial charge on any atom is -0.330 e. The molecule has 1 aromatic rings. The molecule has 0 aliphatic carbocycles. The number of thiophene rings is 1. The van der Waals surface area contributed by atoms with Crippen LogP contribution in [0.15, 0.2) is 10.5 Å². The van der Waals surface area contributed by atoms with Gasteiger partial charge in [-0.05, 0) is 47.8 Å². The zero-order valence-electron chi connectivity index (χ0n) is 6.65. The number of halogens is 2. The van der Waals surface area contributed by atoms with E-state index in [4.69, 9.17) is 17.3 Å². The van der Waals surface area contributed by atoms with E-state index < -0.39 is 0 Å². The quantitative estimate of drug-likeness (QED) is 0.832. The Labute approximate surface area is 90.0 Å². The van der Waals surface area contributed by atoms with Gasteiger partial charge in [0.15, 0.2) is 0 Å². The van der Waals surface area contributed by atoms with Gasteiger partial charge in [-0.1, -0.05) is 11.6 Å². The zero-order valence-corrected chi connectivity index (χ0v) is 9.81. The molecule has 0 fully saturated rings. The van der Waals surface area contributed by atoms with Crippen molar-refractivity contribution in [3.8, 4) is 0 Å². The number of unbranched alkanes of at least 4 members (excludes halogenated alkanes) is 1. The van der Waals surface area contributed by atoms with Crippen LogP contribution in [0.25, 0.3) is 0 Å². The Balaban J connectivity index is 2.42. The van der Waals surface area contributed by atoms with E-state index in [-0.39, 0.29) is 0 Å². The SMILES string of the molecule is NCCCCc1cc(Br)c(Cl)s1. The highest BCUT2D eigenvalue weighted by atomic mass is 79.9. The van der Waals surface area contributed by atoms with Gasteiger partial charge in [0.05, 0.1) is 0 Å². The van der Waals surface area contributed by atoms with Gasteiger partial charge >= 0.3 is 0 Å². The van der Waals surface area contributed by atoms with E-state index in [1.807, 2.05) is 0 Å². The molecule has 0 amide bonds. The van der Waals surface area contributed by atoms with Crippen LogP contribution in [0.2, 0.25) is 4.34 Å². The van der Waals surface area contributed by atoms with Gasteiger partial charge in [0.2, 0.25) is 0 Å². The predicted molar refractivity (Wildman–Crippen MR) is 59.0 cm³/mol. The normalized spacial score (nSPS) is 10.6. The van der Waals surface area contributed by atoms with Crippen LogP contribution in [0.3, 0.4) is 0 Å². The van der Waals surface area contributed by atoms with Crippen molar-refractivity contribution in [2.45, 2.75) is 19.3 Å². The number of hydrogen-bond acceptors (Lipinski definition) is 2. The molecule has 1 rings (SSSR count). The molecule has 0 atom stereocenters. The summed E-state index contributed by atoms with van der Waals surface area (Å²) in [6.07, 6.45) is 3.33. The van der Waals surface area contributed by atoms with Gasteiger partial charge in [-0.2, -0.15) is 0 Å². The zero-order chi connectivity index (χ0) is 8.97. The lowest BCUT2D eigenvalue weighted by molar-refractivity contribution is 0.751. The summed E-state index contributed by atoms with van der Waals surface area (Å²) in [5.74, 6) is 0. The Morgan fingerprint density at radius 1 is 1.50 bits per heavy atom. The molecule has 0 radical (unpaired) electrons. The van der Waals surface area contributed by atoms with Gasteiger partial charge in [-0.15, -0.1) is 11.3 Å². The van der Waals surface area contributed by atoms with Crippen molar-refractivity contribution in [1.29, 1.82) is 0 Å². The lowest BCUT2D eigenvalue weighted by atomic mass is 10.2. The van der Waals surface area contributed by atoms with E-state index in [0.29, 0.717) is 0 Å². The molecule has 0 aromatic carbocycles. The van der Waals surface area contributed by atoms with Gasteiger partial charge in [-0.25, -0.2) is 0 Å². The Hall–Kier alpha value is 0.430. The number of aryl methyl sites for hydroxylation is 1. The molecule has 68 valence electrons. The maximum absolute atomic E-state index is 5.89. The highest BCUT2D eigenvalue weighted by Gasteiger charge is 2.03. The summed E-state index contributed by atoms with van der Waals surface area (Å²) in [7, 11) is 0. The molecule has 0 saturated carbocycles. The second-order valence-electron chi connectivity index (χ2n) is 2.58. The Morgan fingerprint density at radius 3 is 2.75 bits per heavy atom. The van der Waals surface area contributed by atoms with Crippen LogP contribution in [0, 0.1) is 0 Å². The fraction of sp³-hybridized carbons (Fsp3) is 0.500. The van der Waals surface area contributed by atoms with Gasteiger partial charge in [0.1, 0.15) is 4.34 Å². The molecule has 0 aliphatic heterocycles. The highest BCUT2D eigenvalue weighted by Crippen LogP contribution is 2.32. The monoisotopic (exact) mass is 267 g/mol. The predicted octanol–water partition coefficient (Wildman–Crippen LogP) is 3.45. The molecule has 2 N–H and O–H groups in total. The van der Waals surface area contributed by atoms with Crippen molar-refractivity contribution in [1.82, 2.24) is 0 Å². The Morgan fingerprint density at radius 2 is 2.25 bits per heavy atom. The van der Waals surface area contributed by atoms with Crippen LogP contribution >= 0.6 is 38.9 Å². The highest BCUT2D eigenvalue weighted by molar-refractivity contribution is 9.10. The van der Waals surface area contributed by atoms with Crippen LogP contribution in [-0.4, -0.2) is 6.54 Å². The molecule has 0 bridgehead atoms. The molecular weight excluding hydrogens is 258 g/mol. The second-order valence-corrected chi connectivity index (χ2v) is 5.17. The largest absolute Gasteiger partial charge is 0.330 e. The maximum atomic E-state index is 5.89. The summed E-state index contributed by atoms with van der Waals surface area (Å²) in [5.41, 5.74) is 5.40. The molecule has 0 unspecified atom stereocenters. The first kappa shape index (κ1) is 10.5. The summed E-state index contributed by atoms with van der Waals surface area (Å²) in [6.45, 7) is 0.778. The molecule has 0 saturated heterocycles. The van der Waals surface area contributed by atoms with Crippen molar-refractivity contribution in [2.75, 3.05) is 6.54 Å². The van der Waals surface area contributed by atoms with E-state index >= 15 is 0 Å². The van der Waals surface area contributed by atoms with Crippen molar-refractivity contribution >= 4 is 38.9 Å². The average Bonchev–Trinajstić information content (AvgIpc) is 2.32. The fourth-order valence-electron chi connectivity index (χ4n) is 0.958. The van der Waals surface area contributed by atoms with Crippen LogP contribution in [0.1, 0.15) is 17.7 Å². The van der Waals surface area contributed by atoms with Crippen molar-refractivity contribution in [3.05, 3.63) is 19.8 Å².